The second kappa shape index (κ2) is 7.99. The van der Waals surface area contributed by atoms with E-state index in [-0.39, 0.29) is 17.6 Å². The minimum atomic E-state index is -0.191. The van der Waals surface area contributed by atoms with Gasteiger partial charge in [-0.25, -0.2) is 0 Å². The number of aromatic nitrogens is 2. The van der Waals surface area contributed by atoms with Crippen molar-refractivity contribution in [1.82, 2.24) is 19.5 Å². The van der Waals surface area contributed by atoms with Crippen LogP contribution in [0, 0.1) is 20.8 Å². The van der Waals surface area contributed by atoms with E-state index in [0.717, 1.165) is 17.1 Å². The summed E-state index contributed by atoms with van der Waals surface area (Å²) in [5.41, 5.74) is 4.17. The Morgan fingerprint density at radius 1 is 0.933 bits per heavy atom. The molecule has 1 fully saturated rings. The molecule has 1 aliphatic rings. The summed E-state index contributed by atoms with van der Waals surface area (Å²) in [6.07, 6.45) is 0. The van der Waals surface area contributed by atoms with Crippen LogP contribution in [0.4, 0.5) is 0 Å². The highest BCUT2D eigenvalue weighted by molar-refractivity contribution is 6.30. The number of rotatable bonds is 3. The molecule has 8 heteroatoms. The summed E-state index contributed by atoms with van der Waals surface area (Å²) < 4.78 is 7.12. The van der Waals surface area contributed by atoms with Gasteiger partial charge in [0, 0.05) is 54.3 Å². The van der Waals surface area contributed by atoms with Crippen molar-refractivity contribution < 1.29 is 14.1 Å². The van der Waals surface area contributed by atoms with E-state index in [4.69, 9.17) is 16.1 Å². The van der Waals surface area contributed by atoms with E-state index in [9.17, 15) is 9.59 Å². The highest BCUT2D eigenvalue weighted by Crippen LogP contribution is 2.24. The SMILES string of the molecule is Cc1cc(C(=O)N2CCN(C(=O)c3cc(C)n(-c4ccc(Cl)cc4)c3C)CC2)on1. The van der Waals surface area contributed by atoms with Crippen molar-refractivity contribution in [3.05, 3.63) is 69.8 Å². The summed E-state index contributed by atoms with van der Waals surface area (Å²) in [5, 5.41) is 4.44. The lowest BCUT2D eigenvalue weighted by atomic mass is 10.2. The Kier molecular flexibility index (Phi) is 5.39. The molecule has 0 saturated carbocycles. The lowest BCUT2D eigenvalue weighted by Crippen LogP contribution is -2.50. The molecule has 0 bridgehead atoms. The number of hydrogen-bond acceptors (Lipinski definition) is 4. The molecule has 156 valence electrons. The number of piperazine rings is 1. The van der Waals surface area contributed by atoms with Crippen LogP contribution in [-0.4, -0.2) is 57.5 Å². The van der Waals surface area contributed by atoms with Crippen molar-refractivity contribution >= 4 is 23.4 Å². The number of hydrogen-bond donors (Lipinski definition) is 0. The number of carbonyl (C=O) groups is 2. The van der Waals surface area contributed by atoms with Crippen molar-refractivity contribution in [2.24, 2.45) is 0 Å². The summed E-state index contributed by atoms with van der Waals surface area (Å²) in [5.74, 6) is 0.0216. The number of halogens is 1. The molecule has 4 rings (SSSR count). The molecule has 0 radical (unpaired) electrons. The van der Waals surface area contributed by atoms with E-state index in [1.807, 2.05) is 44.2 Å². The first-order valence-electron chi connectivity index (χ1n) is 9.82. The van der Waals surface area contributed by atoms with Gasteiger partial charge in [-0.15, -0.1) is 0 Å². The molecule has 7 nitrogen and oxygen atoms in total. The molecule has 2 amide bonds. The topological polar surface area (TPSA) is 71.6 Å². The van der Waals surface area contributed by atoms with Gasteiger partial charge in [-0.3, -0.25) is 9.59 Å². The van der Waals surface area contributed by atoms with Crippen LogP contribution in [0.1, 0.15) is 38.0 Å². The van der Waals surface area contributed by atoms with Crippen LogP contribution in [0.3, 0.4) is 0 Å². The van der Waals surface area contributed by atoms with Crippen LogP contribution in [0.2, 0.25) is 5.02 Å². The second-order valence-corrected chi connectivity index (χ2v) is 7.95. The third-order valence-electron chi connectivity index (χ3n) is 5.44. The molecule has 0 N–H and O–H groups in total. The summed E-state index contributed by atoms with van der Waals surface area (Å²) in [7, 11) is 0. The Bertz CT molecular complexity index is 1090. The monoisotopic (exact) mass is 426 g/mol. The molecule has 30 heavy (non-hydrogen) atoms. The normalized spacial score (nSPS) is 14.3. The van der Waals surface area contributed by atoms with E-state index in [2.05, 4.69) is 9.72 Å². The lowest BCUT2D eigenvalue weighted by Gasteiger charge is -2.34. The first-order chi connectivity index (χ1) is 14.3. The molecule has 1 saturated heterocycles. The maximum Gasteiger partial charge on any atom is 0.292 e. The van der Waals surface area contributed by atoms with Crippen molar-refractivity contribution in [2.45, 2.75) is 20.8 Å². The number of nitrogens with zero attached hydrogens (tertiary/aromatic N) is 4. The van der Waals surface area contributed by atoms with Crippen LogP contribution in [0.15, 0.2) is 40.9 Å². The van der Waals surface area contributed by atoms with E-state index >= 15 is 0 Å². The zero-order chi connectivity index (χ0) is 21.4. The maximum absolute atomic E-state index is 13.2. The highest BCUT2D eigenvalue weighted by atomic mass is 35.5. The smallest absolute Gasteiger partial charge is 0.292 e. The summed E-state index contributed by atoms with van der Waals surface area (Å²) >= 11 is 6.00. The Labute approximate surface area is 179 Å². The summed E-state index contributed by atoms with van der Waals surface area (Å²) in [6, 6.07) is 11.1. The molecule has 0 unspecified atom stereocenters. The quantitative estimate of drug-likeness (QED) is 0.641. The predicted molar refractivity (Wildman–Crippen MR) is 113 cm³/mol. The average Bonchev–Trinajstić information content (AvgIpc) is 3.31. The van der Waals surface area contributed by atoms with Gasteiger partial charge in [-0.05, 0) is 51.1 Å². The van der Waals surface area contributed by atoms with Crippen LogP contribution in [-0.2, 0) is 0 Å². The largest absolute Gasteiger partial charge is 0.351 e. The fourth-order valence-corrected chi connectivity index (χ4v) is 4.00. The van der Waals surface area contributed by atoms with Gasteiger partial charge >= 0.3 is 0 Å². The first-order valence-corrected chi connectivity index (χ1v) is 10.2. The Balaban J connectivity index is 1.48. The van der Waals surface area contributed by atoms with E-state index in [1.165, 1.54) is 0 Å². The summed E-state index contributed by atoms with van der Waals surface area (Å²) in [4.78, 5) is 29.2. The standard InChI is InChI=1S/C22H23ClN4O3/c1-14-12-20(30-24-14)22(29)26-10-8-25(9-11-26)21(28)19-13-15(2)27(16(19)3)18-6-4-17(23)5-7-18/h4-7,12-13H,8-11H2,1-3H3. The van der Waals surface area contributed by atoms with Gasteiger partial charge in [0.25, 0.3) is 11.8 Å². The Hall–Kier alpha value is -3.06. The molecule has 2 aromatic heterocycles. The molecular weight excluding hydrogens is 404 g/mol. The van der Waals surface area contributed by atoms with Crippen molar-refractivity contribution in [1.29, 1.82) is 0 Å². The van der Waals surface area contributed by atoms with Crippen molar-refractivity contribution in [2.75, 3.05) is 26.2 Å². The van der Waals surface area contributed by atoms with Gasteiger partial charge in [-0.2, -0.15) is 0 Å². The van der Waals surface area contributed by atoms with Gasteiger partial charge < -0.3 is 18.9 Å². The Morgan fingerprint density at radius 3 is 2.10 bits per heavy atom. The number of aryl methyl sites for hydroxylation is 2. The fourth-order valence-electron chi connectivity index (χ4n) is 3.87. The lowest BCUT2D eigenvalue weighted by molar-refractivity contribution is 0.0512. The molecule has 3 heterocycles. The molecular formula is C22H23ClN4O3. The van der Waals surface area contributed by atoms with E-state index in [0.29, 0.717) is 42.5 Å². The fraction of sp³-hybridized carbons (Fsp3) is 0.318. The van der Waals surface area contributed by atoms with Crippen LogP contribution < -0.4 is 0 Å². The first kappa shape index (κ1) is 20.2. The molecule has 0 aliphatic carbocycles. The minimum Gasteiger partial charge on any atom is -0.351 e. The van der Waals surface area contributed by atoms with Gasteiger partial charge in [0.1, 0.15) is 0 Å². The number of benzene rings is 1. The maximum atomic E-state index is 13.2. The van der Waals surface area contributed by atoms with E-state index < -0.39 is 0 Å². The molecule has 1 aromatic carbocycles. The number of amides is 2. The van der Waals surface area contributed by atoms with Crippen molar-refractivity contribution in [3.63, 3.8) is 0 Å². The predicted octanol–water partition coefficient (Wildman–Crippen LogP) is 3.64. The average molecular weight is 427 g/mol. The second-order valence-electron chi connectivity index (χ2n) is 7.51. The van der Waals surface area contributed by atoms with Crippen LogP contribution >= 0.6 is 11.6 Å². The molecule has 0 atom stereocenters. The van der Waals surface area contributed by atoms with Crippen molar-refractivity contribution in [3.8, 4) is 5.69 Å². The Morgan fingerprint density at radius 2 is 1.53 bits per heavy atom. The third kappa shape index (κ3) is 3.73. The van der Waals surface area contributed by atoms with Gasteiger partial charge in [0.2, 0.25) is 5.76 Å². The van der Waals surface area contributed by atoms with Gasteiger partial charge in [0.15, 0.2) is 0 Å². The van der Waals surface area contributed by atoms with Crippen LogP contribution in [0.5, 0.6) is 0 Å². The number of carbonyl (C=O) groups excluding carboxylic acids is 2. The van der Waals surface area contributed by atoms with Gasteiger partial charge in [0.05, 0.1) is 11.3 Å². The van der Waals surface area contributed by atoms with E-state index in [1.54, 1.807) is 22.8 Å². The van der Waals surface area contributed by atoms with Gasteiger partial charge in [-0.1, -0.05) is 16.8 Å². The summed E-state index contributed by atoms with van der Waals surface area (Å²) in [6.45, 7) is 7.57. The minimum absolute atomic E-state index is 0.0223. The highest BCUT2D eigenvalue weighted by Gasteiger charge is 2.29. The van der Waals surface area contributed by atoms with Crippen LogP contribution in [0.25, 0.3) is 5.69 Å². The zero-order valence-electron chi connectivity index (χ0n) is 17.2. The molecule has 1 aliphatic heterocycles. The molecule has 3 aromatic rings. The zero-order valence-corrected chi connectivity index (χ0v) is 17.9. The molecule has 0 spiro atoms. The third-order valence-corrected chi connectivity index (χ3v) is 5.69.